The quantitative estimate of drug-likeness (QED) is 0.772. The number of hydrogen-bond donors (Lipinski definition) is 1. The van der Waals surface area contributed by atoms with E-state index in [1.54, 1.807) is 0 Å². The van der Waals surface area contributed by atoms with E-state index in [2.05, 4.69) is 81.5 Å². The summed E-state index contributed by atoms with van der Waals surface area (Å²) in [6, 6.07) is 18.0. The van der Waals surface area contributed by atoms with E-state index in [4.69, 9.17) is 0 Å². The summed E-state index contributed by atoms with van der Waals surface area (Å²) in [7, 11) is 0. The van der Waals surface area contributed by atoms with Gasteiger partial charge in [0.15, 0.2) is 0 Å². The van der Waals surface area contributed by atoms with Crippen molar-refractivity contribution in [3.05, 3.63) is 70.8 Å². The van der Waals surface area contributed by atoms with Gasteiger partial charge in [-0.2, -0.15) is 0 Å². The van der Waals surface area contributed by atoms with Crippen molar-refractivity contribution in [1.29, 1.82) is 0 Å². The summed E-state index contributed by atoms with van der Waals surface area (Å²) in [5.74, 6) is 0.602. The Labute approximate surface area is 129 Å². The van der Waals surface area contributed by atoms with Gasteiger partial charge in [0.2, 0.25) is 0 Å². The van der Waals surface area contributed by atoms with E-state index in [1.165, 1.54) is 28.7 Å². The van der Waals surface area contributed by atoms with Gasteiger partial charge in [0, 0.05) is 6.04 Å². The fourth-order valence-corrected chi connectivity index (χ4v) is 2.84. The second-order valence-electron chi connectivity index (χ2n) is 6.20. The van der Waals surface area contributed by atoms with E-state index in [1.807, 2.05) is 0 Å². The van der Waals surface area contributed by atoms with Gasteiger partial charge in [-0.1, -0.05) is 66.6 Å². The lowest BCUT2D eigenvalue weighted by molar-refractivity contribution is 0.531. The zero-order valence-corrected chi connectivity index (χ0v) is 13.7. The molecule has 0 aromatic heterocycles. The molecular formula is C20H27N. The van der Waals surface area contributed by atoms with Gasteiger partial charge in [-0.05, 0) is 50.8 Å². The Morgan fingerprint density at radius 3 is 2.10 bits per heavy atom. The molecule has 2 rings (SSSR count). The molecule has 0 bridgehead atoms. The highest BCUT2D eigenvalue weighted by atomic mass is 14.9. The lowest BCUT2D eigenvalue weighted by atomic mass is 9.97. The summed E-state index contributed by atoms with van der Waals surface area (Å²) < 4.78 is 0. The Hall–Kier alpha value is -1.60. The van der Waals surface area contributed by atoms with Crippen LogP contribution < -0.4 is 5.32 Å². The third-order valence-corrected chi connectivity index (χ3v) is 4.14. The van der Waals surface area contributed by atoms with Crippen LogP contribution in [0.1, 0.15) is 54.5 Å². The van der Waals surface area contributed by atoms with Gasteiger partial charge >= 0.3 is 0 Å². The molecular weight excluding hydrogens is 254 g/mol. The second-order valence-corrected chi connectivity index (χ2v) is 6.20. The monoisotopic (exact) mass is 281 g/mol. The molecule has 2 aromatic carbocycles. The summed E-state index contributed by atoms with van der Waals surface area (Å²) in [6.45, 7) is 9.94. The molecule has 1 heteroatoms. The van der Waals surface area contributed by atoms with Crippen LogP contribution >= 0.6 is 0 Å². The van der Waals surface area contributed by atoms with Gasteiger partial charge in [-0.15, -0.1) is 0 Å². The number of aryl methyl sites for hydroxylation is 2. The Morgan fingerprint density at radius 2 is 1.48 bits per heavy atom. The van der Waals surface area contributed by atoms with Crippen LogP contribution in [-0.4, -0.2) is 6.54 Å². The van der Waals surface area contributed by atoms with Crippen LogP contribution in [0.2, 0.25) is 0 Å². The summed E-state index contributed by atoms with van der Waals surface area (Å²) in [6.07, 6.45) is 1.17. The lowest BCUT2D eigenvalue weighted by Gasteiger charge is -2.18. The molecule has 1 nitrogen and oxygen atoms in total. The first-order valence-corrected chi connectivity index (χ1v) is 7.93. The summed E-state index contributed by atoms with van der Waals surface area (Å²) in [5, 5.41) is 3.65. The van der Waals surface area contributed by atoms with Gasteiger partial charge in [0.25, 0.3) is 0 Å². The van der Waals surface area contributed by atoms with E-state index in [0.29, 0.717) is 12.0 Å². The molecule has 0 spiro atoms. The Morgan fingerprint density at radius 1 is 0.857 bits per heavy atom. The number of rotatable bonds is 6. The molecule has 0 aliphatic carbocycles. The average Bonchev–Trinajstić information content (AvgIpc) is 2.47. The third-order valence-electron chi connectivity index (χ3n) is 4.14. The Balaban J connectivity index is 1.85. The highest BCUT2D eigenvalue weighted by molar-refractivity contribution is 5.30. The molecule has 0 heterocycles. The van der Waals surface area contributed by atoms with Crippen LogP contribution in [0.15, 0.2) is 48.5 Å². The molecule has 0 aliphatic heterocycles. The van der Waals surface area contributed by atoms with Crippen molar-refractivity contribution < 1.29 is 0 Å². The van der Waals surface area contributed by atoms with E-state index in [9.17, 15) is 0 Å². The van der Waals surface area contributed by atoms with Gasteiger partial charge in [0.1, 0.15) is 0 Å². The maximum Gasteiger partial charge on any atom is 0.0291 e. The fourth-order valence-electron chi connectivity index (χ4n) is 2.84. The van der Waals surface area contributed by atoms with Gasteiger partial charge in [0.05, 0.1) is 0 Å². The smallest absolute Gasteiger partial charge is 0.0291 e. The molecule has 0 aliphatic rings. The first-order valence-electron chi connectivity index (χ1n) is 7.93. The van der Waals surface area contributed by atoms with Crippen molar-refractivity contribution in [1.82, 2.24) is 5.32 Å². The normalized spacial score (nSPS) is 13.9. The maximum atomic E-state index is 3.65. The minimum absolute atomic E-state index is 0.409. The van der Waals surface area contributed by atoms with Crippen molar-refractivity contribution in [2.24, 2.45) is 0 Å². The van der Waals surface area contributed by atoms with E-state index in [0.717, 1.165) is 6.54 Å². The van der Waals surface area contributed by atoms with E-state index < -0.39 is 0 Å². The molecule has 0 radical (unpaired) electrons. The van der Waals surface area contributed by atoms with Crippen LogP contribution in [0.3, 0.4) is 0 Å². The van der Waals surface area contributed by atoms with E-state index in [-0.39, 0.29) is 0 Å². The van der Waals surface area contributed by atoms with Crippen LogP contribution in [-0.2, 0) is 0 Å². The fraction of sp³-hybridized carbons (Fsp3) is 0.400. The molecule has 2 atom stereocenters. The van der Waals surface area contributed by atoms with Crippen molar-refractivity contribution >= 4 is 0 Å². The van der Waals surface area contributed by atoms with Crippen LogP contribution in [0, 0.1) is 13.8 Å². The Kier molecular flexibility index (Phi) is 5.58. The van der Waals surface area contributed by atoms with Crippen LogP contribution in [0.25, 0.3) is 0 Å². The molecule has 2 aromatic rings. The summed E-state index contributed by atoms with van der Waals surface area (Å²) in [5.41, 5.74) is 5.51. The predicted molar refractivity (Wildman–Crippen MR) is 91.8 cm³/mol. The molecule has 1 N–H and O–H groups in total. The Bertz CT molecular complexity index is 539. The molecule has 0 saturated carbocycles. The highest BCUT2D eigenvalue weighted by Crippen LogP contribution is 2.20. The predicted octanol–water partition coefficient (Wildman–Crippen LogP) is 5.15. The van der Waals surface area contributed by atoms with Crippen LogP contribution in [0.4, 0.5) is 0 Å². The minimum atomic E-state index is 0.409. The number of nitrogens with one attached hydrogen (secondary N) is 1. The first kappa shape index (κ1) is 15.8. The molecule has 21 heavy (non-hydrogen) atoms. The second kappa shape index (κ2) is 7.42. The largest absolute Gasteiger partial charge is 0.310 e. The molecule has 0 amide bonds. The summed E-state index contributed by atoms with van der Waals surface area (Å²) in [4.78, 5) is 0. The first-order chi connectivity index (χ1) is 10.1. The highest BCUT2D eigenvalue weighted by Gasteiger charge is 2.08. The maximum absolute atomic E-state index is 3.65. The minimum Gasteiger partial charge on any atom is -0.310 e. The topological polar surface area (TPSA) is 12.0 Å². The van der Waals surface area contributed by atoms with Crippen molar-refractivity contribution in [3.8, 4) is 0 Å². The van der Waals surface area contributed by atoms with Crippen molar-refractivity contribution in [3.63, 3.8) is 0 Å². The molecule has 0 fully saturated rings. The zero-order valence-electron chi connectivity index (χ0n) is 13.7. The molecule has 2 unspecified atom stereocenters. The summed E-state index contributed by atoms with van der Waals surface area (Å²) >= 11 is 0. The van der Waals surface area contributed by atoms with Crippen molar-refractivity contribution in [2.45, 2.75) is 46.1 Å². The lowest BCUT2D eigenvalue weighted by Crippen LogP contribution is -2.21. The average molecular weight is 281 g/mol. The standard InChI is InChI=1S/C20H27N/c1-15-12-16(2)14-20(13-15)18(4)21-11-10-17(3)19-8-6-5-7-9-19/h5-9,12-14,17-18,21H,10-11H2,1-4H3. The number of benzene rings is 2. The molecule has 0 saturated heterocycles. The molecule has 112 valence electrons. The van der Waals surface area contributed by atoms with Crippen molar-refractivity contribution in [2.75, 3.05) is 6.54 Å². The zero-order chi connectivity index (χ0) is 15.2. The van der Waals surface area contributed by atoms with Gasteiger partial charge in [-0.25, -0.2) is 0 Å². The third kappa shape index (κ3) is 4.71. The number of hydrogen-bond acceptors (Lipinski definition) is 1. The van der Waals surface area contributed by atoms with Crippen LogP contribution in [0.5, 0.6) is 0 Å². The van der Waals surface area contributed by atoms with Gasteiger partial charge < -0.3 is 5.32 Å². The van der Waals surface area contributed by atoms with E-state index >= 15 is 0 Å². The van der Waals surface area contributed by atoms with Gasteiger partial charge in [-0.3, -0.25) is 0 Å². The SMILES string of the molecule is Cc1cc(C)cc(C(C)NCCC(C)c2ccccc2)c1.